The molecule has 7 heteroatoms. The number of hydrogen-bond acceptors (Lipinski definition) is 5. The van der Waals surface area contributed by atoms with Crippen LogP contribution in [0.4, 0.5) is 5.69 Å². The molecular weight excluding hydrogens is 384 g/mol. The summed E-state index contributed by atoms with van der Waals surface area (Å²) < 4.78 is 5.79. The average Bonchev–Trinajstić information content (AvgIpc) is 3.40. The summed E-state index contributed by atoms with van der Waals surface area (Å²) in [6.07, 6.45) is 0.963. The summed E-state index contributed by atoms with van der Waals surface area (Å²) >= 11 is 1.56. The maximum absolute atomic E-state index is 12.6. The molecule has 0 saturated heterocycles. The van der Waals surface area contributed by atoms with Crippen LogP contribution >= 0.6 is 11.3 Å². The Kier molecular flexibility index (Phi) is 5.97. The minimum absolute atomic E-state index is 0.0262. The third-order valence-corrected chi connectivity index (χ3v) is 5.51. The Labute approximate surface area is 173 Å². The first kappa shape index (κ1) is 19.3. The number of anilines is 1. The topological polar surface area (TPSA) is 72.5 Å². The van der Waals surface area contributed by atoms with Crippen LogP contribution in [0.2, 0.25) is 0 Å². The highest BCUT2D eigenvalue weighted by Gasteiger charge is 2.19. The Morgan fingerprint density at radius 2 is 1.97 bits per heavy atom. The Bertz CT molecular complexity index is 1090. The molecule has 1 atom stereocenters. The molecule has 148 valence electrons. The average molecular weight is 408 g/mol. The molecule has 2 heterocycles. The molecule has 1 amide bonds. The normalized spacial score (nSPS) is 12.2. The molecule has 4 aromatic rings. The summed E-state index contributed by atoms with van der Waals surface area (Å²) in [6, 6.07) is 18.0. The number of hydrogen-bond donors (Lipinski definition) is 2. The smallest absolute Gasteiger partial charge is 0.279 e. The minimum Gasteiger partial charge on any atom is -0.414 e. The molecule has 0 saturated carbocycles. The van der Waals surface area contributed by atoms with E-state index in [4.69, 9.17) is 4.42 Å². The van der Waals surface area contributed by atoms with Crippen LogP contribution in [0, 0.1) is 0 Å². The van der Waals surface area contributed by atoms with Crippen molar-refractivity contribution in [2.24, 2.45) is 0 Å². The number of thiophene rings is 1. The predicted octanol–water partition coefficient (Wildman–Crippen LogP) is 3.38. The number of nitrogens with zero attached hydrogens (tertiary/aromatic N) is 2. The summed E-state index contributed by atoms with van der Waals surface area (Å²) in [5.41, 5.74) is 0.808. The van der Waals surface area contributed by atoms with Crippen molar-refractivity contribution in [1.82, 2.24) is 10.2 Å². The number of nitrogens with one attached hydrogen (secondary N) is 2. The van der Waals surface area contributed by atoms with Crippen LogP contribution in [0.5, 0.6) is 0 Å². The van der Waals surface area contributed by atoms with Gasteiger partial charge in [0.1, 0.15) is 0 Å². The van der Waals surface area contributed by atoms with Crippen molar-refractivity contribution >= 4 is 33.7 Å². The molecule has 0 aliphatic heterocycles. The lowest BCUT2D eigenvalue weighted by atomic mass is 10.1. The van der Waals surface area contributed by atoms with Gasteiger partial charge in [-0.05, 0) is 40.8 Å². The third kappa shape index (κ3) is 4.88. The number of amides is 1. The van der Waals surface area contributed by atoms with E-state index in [9.17, 15) is 4.79 Å². The first-order valence-corrected chi connectivity index (χ1v) is 10.6. The summed E-state index contributed by atoms with van der Waals surface area (Å²) in [7, 11) is 0. The number of carbonyl (C=O) groups is 1. The first-order valence-electron chi connectivity index (χ1n) is 9.70. The lowest BCUT2D eigenvalue weighted by Crippen LogP contribution is -3.11. The second-order valence-electron chi connectivity index (χ2n) is 6.94. The molecule has 4 rings (SSSR count). The van der Waals surface area contributed by atoms with Gasteiger partial charge < -0.3 is 14.6 Å². The first-order chi connectivity index (χ1) is 14.2. The summed E-state index contributed by atoms with van der Waals surface area (Å²) in [6.45, 7) is 3.82. The van der Waals surface area contributed by atoms with Gasteiger partial charge in [-0.1, -0.05) is 43.3 Å². The van der Waals surface area contributed by atoms with Gasteiger partial charge in [0.2, 0.25) is 0 Å². The maximum Gasteiger partial charge on any atom is 0.279 e. The van der Waals surface area contributed by atoms with Crippen molar-refractivity contribution in [3.8, 4) is 10.8 Å². The van der Waals surface area contributed by atoms with Gasteiger partial charge in [0.05, 0.1) is 11.4 Å². The van der Waals surface area contributed by atoms with E-state index in [1.165, 1.54) is 0 Å². The second kappa shape index (κ2) is 8.98. The Morgan fingerprint density at radius 1 is 1.10 bits per heavy atom. The van der Waals surface area contributed by atoms with Gasteiger partial charge in [0.15, 0.2) is 13.1 Å². The highest BCUT2D eigenvalue weighted by Crippen LogP contribution is 2.22. The molecule has 29 heavy (non-hydrogen) atoms. The van der Waals surface area contributed by atoms with E-state index in [1.807, 2.05) is 53.9 Å². The Morgan fingerprint density at radius 3 is 2.76 bits per heavy atom. The zero-order chi connectivity index (χ0) is 20.1. The molecule has 0 spiro atoms. The maximum atomic E-state index is 12.6. The van der Waals surface area contributed by atoms with Gasteiger partial charge in [0, 0.05) is 5.69 Å². The molecule has 6 nitrogen and oxygen atoms in total. The zero-order valence-corrected chi connectivity index (χ0v) is 17.0. The van der Waals surface area contributed by atoms with E-state index in [2.05, 4.69) is 28.5 Å². The van der Waals surface area contributed by atoms with Gasteiger partial charge in [-0.15, -0.1) is 21.5 Å². The number of benzene rings is 2. The Hall–Kier alpha value is -3.03. The van der Waals surface area contributed by atoms with Crippen LogP contribution in [0.1, 0.15) is 19.2 Å². The number of aromatic nitrogens is 2. The number of rotatable bonds is 8. The van der Waals surface area contributed by atoms with Crippen molar-refractivity contribution in [3.63, 3.8) is 0 Å². The lowest BCUT2D eigenvalue weighted by Gasteiger charge is -2.16. The quantitative estimate of drug-likeness (QED) is 0.470. The number of quaternary nitrogens is 1. The standard InChI is InChI=1S/C22H22N4O2S/c1-2-11-26(15-21-24-25-22(28-21)19-8-5-12-29-19)14-20(27)23-18-10-9-16-6-3-4-7-17(16)13-18/h3-10,12-13H,2,11,14-15H2,1H3,(H,23,27)/p+1. The minimum atomic E-state index is -0.0262. The van der Waals surface area contributed by atoms with Crippen molar-refractivity contribution in [3.05, 3.63) is 65.9 Å². The highest BCUT2D eigenvalue weighted by molar-refractivity contribution is 7.13. The van der Waals surface area contributed by atoms with Gasteiger partial charge in [-0.25, -0.2) is 0 Å². The highest BCUT2D eigenvalue weighted by atomic mass is 32.1. The summed E-state index contributed by atoms with van der Waals surface area (Å²) in [5.74, 6) is 1.06. The van der Waals surface area contributed by atoms with Crippen LogP contribution in [-0.4, -0.2) is 29.2 Å². The fourth-order valence-electron chi connectivity index (χ4n) is 3.33. The molecule has 1 unspecified atom stereocenters. The Balaban J connectivity index is 1.40. The van der Waals surface area contributed by atoms with Crippen molar-refractivity contribution in [2.45, 2.75) is 19.9 Å². The molecule has 0 aliphatic rings. The molecule has 2 aromatic heterocycles. The lowest BCUT2D eigenvalue weighted by molar-refractivity contribution is -0.907. The van der Waals surface area contributed by atoms with Crippen molar-refractivity contribution in [1.29, 1.82) is 0 Å². The van der Waals surface area contributed by atoms with Crippen LogP contribution in [0.3, 0.4) is 0 Å². The predicted molar refractivity (Wildman–Crippen MR) is 115 cm³/mol. The van der Waals surface area contributed by atoms with E-state index in [-0.39, 0.29) is 5.91 Å². The monoisotopic (exact) mass is 407 g/mol. The number of carbonyl (C=O) groups excluding carboxylic acids is 1. The van der Waals surface area contributed by atoms with Crippen molar-refractivity contribution < 1.29 is 14.1 Å². The molecule has 0 bridgehead atoms. The van der Waals surface area contributed by atoms with E-state index in [1.54, 1.807) is 11.3 Å². The molecular formula is C22H23N4O2S+. The van der Waals surface area contributed by atoms with Crippen LogP contribution in [0.15, 0.2) is 64.4 Å². The van der Waals surface area contributed by atoms with E-state index >= 15 is 0 Å². The second-order valence-corrected chi connectivity index (χ2v) is 7.89. The van der Waals surface area contributed by atoms with E-state index < -0.39 is 0 Å². The molecule has 0 fully saturated rings. The number of fused-ring (bicyclic) bond motifs is 1. The van der Waals surface area contributed by atoms with Crippen LogP contribution in [-0.2, 0) is 11.3 Å². The fourth-order valence-corrected chi connectivity index (χ4v) is 3.98. The molecule has 2 aromatic carbocycles. The molecule has 0 aliphatic carbocycles. The SMILES string of the molecule is CCC[NH+](CC(=O)Nc1ccc2ccccc2c1)Cc1nnc(-c2cccs2)o1. The van der Waals surface area contributed by atoms with Crippen LogP contribution < -0.4 is 10.2 Å². The van der Waals surface area contributed by atoms with Gasteiger partial charge in [-0.2, -0.15) is 0 Å². The third-order valence-electron chi connectivity index (χ3n) is 4.65. The largest absolute Gasteiger partial charge is 0.414 e. The van der Waals surface area contributed by atoms with E-state index in [0.29, 0.717) is 24.9 Å². The fraction of sp³-hybridized carbons (Fsp3) is 0.227. The zero-order valence-electron chi connectivity index (χ0n) is 16.2. The summed E-state index contributed by atoms with van der Waals surface area (Å²) in [5, 5.41) is 15.5. The van der Waals surface area contributed by atoms with Gasteiger partial charge in [0.25, 0.3) is 17.7 Å². The van der Waals surface area contributed by atoms with Crippen LogP contribution in [0.25, 0.3) is 21.5 Å². The van der Waals surface area contributed by atoms with Gasteiger partial charge in [-0.3, -0.25) is 4.79 Å². The van der Waals surface area contributed by atoms with Gasteiger partial charge >= 0.3 is 0 Å². The molecule has 0 radical (unpaired) electrons. The molecule has 2 N–H and O–H groups in total. The van der Waals surface area contributed by atoms with Crippen molar-refractivity contribution in [2.75, 3.05) is 18.4 Å². The van der Waals surface area contributed by atoms with E-state index in [0.717, 1.165) is 39.2 Å². The summed E-state index contributed by atoms with van der Waals surface area (Å²) in [4.78, 5) is 14.7.